The molecule has 0 aliphatic heterocycles. The molecule has 2 heterocycles. The second kappa shape index (κ2) is 12.1. The van der Waals surface area contributed by atoms with Crippen LogP contribution >= 0.6 is 23.2 Å². The van der Waals surface area contributed by atoms with Gasteiger partial charge in [-0.25, -0.2) is 15.2 Å². The van der Waals surface area contributed by atoms with Gasteiger partial charge in [-0.2, -0.15) is 5.10 Å². The molecule has 9 nitrogen and oxygen atoms in total. The van der Waals surface area contributed by atoms with Crippen molar-refractivity contribution in [2.75, 3.05) is 0 Å². The van der Waals surface area contributed by atoms with Gasteiger partial charge in [-0.3, -0.25) is 4.79 Å². The maximum absolute atomic E-state index is 12.8. The van der Waals surface area contributed by atoms with E-state index in [0.29, 0.717) is 27.3 Å². The normalized spacial score (nSPS) is 11.8. The zero-order valence-electron chi connectivity index (χ0n) is 18.8. The molecule has 4 rings (SSSR count). The van der Waals surface area contributed by atoms with Crippen LogP contribution in [-0.4, -0.2) is 34.2 Å². The van der Waals surface area contributed by atoms with E-state index in [1.165, 1.54) is 12.5 Å². The molecule has 1 atom stereocenters. The number of aromatic amines is 1. The number of halogens is 2. The van der Waals surface area contributed by atoms with Crippen molar-refractivity contribution in [3.63, 3.8) is 0 Å². The molecule has 3 N–H and O–H groups in total. The van der Waals surface area contributed by atoms with Crippen LogP contribution in [0.1, 0.15) is 17.0 Å². The lowest BCUT2D eigenvalue weighted by Gasteiger charge is -2.16. The van der Waals surface area contributed by atoms with Crippen molar-refractivity contribution in [3.8, 4) is 11.3 Å². The fraction of sp³-hybridized carbons (Fsp3) is 0.120. The van der Waals surface area contributed by atoms with Crippen molar-refractivity contribution in [3.05, 3.63) is 100 Å². The van der Waals surface area contributed by atoms with Crippen LogP contribution in [0, 0.1) is 0 Å². The smallest absolute Gasteiger partial charge is 0.408 e. The van der Waals surface area contributed by atoms with Gasteiger partial charge in [0.25, 0.3) is 5.91 Å². The summed E-state index contributed by atoms with van der Waals surface area (Å²) >= 11 is 12.0. The number of carbonyl (C=O) groups excluding carboxylic acids is 2. The zero-order chi connectivity index (χ0) is 25.3. The van der Waals surface area contributed by atoms with Gasteiger partial charge in [0.1, 0.15) is 24.2 Å². The van der Waals surface area contributed by atoms with Crippen molar-refractivity contribution in [1.29, 1.82) is 0 Å². The fourth-order valence-electron chi connectivity index (χ4n) is 3.20. The Bertz CT molecular complexity index is 1340. The van der Waals surface area contributed by atoms with Crippen LogP contribution in [0.3, 0.4) is 0 Å². The van der Waals surface area contributed by atoms with Crippen LogP contribution in [0.2, 0.25) is 10.0 Å². The first kappa shape index (κ1) is 25.0. The molecule has 0 bridgehead atoms. The Balaban J connectivity index is 1.36. The first-order chi connectivity index (χ1) is 17.5. The number of alkyl carbamates (subject to hydrolysis) is 1. The summed E-state index contributed by atoms with van der Waals surface area (Å²) in [5.74, 6) is 0.409. The van der Waals surface area contributed by atoms with E-state index < -0.39 is 18.0 Å². The van der Waals surface area contributed by atoms with Crippen LogP contribution in [0.15, 0.2) is 82.7 Å². The summed E-state index contributed by atoms with van der Waals surface area (Å²) in [5.41, 5.74) is 4.63. The van der Waals surface area contributed by atoms with Crippen molar-refractivity contribution >= 4 is 41.4 Å². The van der Waals surface area contributed by atoms with Gasteiger partial charge in [0, 0.05) is 23.9 Å². The maximum atomic E-state index is 12.8. The SMILES string of the molecule is O=C(N[C@H](Cc1cnc[nH]1)C(=O)N/N=C\c1ccc(-c2ccc(Cl)c(Cl)c2)o1)OCc1ccccc1. The largest absolute Gasteiger partial charge is 0.455 e. The Kier molecular flexibility index (Phi) is 8.38. The standard InChI is InChI=1S/C25H21Cl2N5O4/c26-20-8-6-17(10-21(20)27)23-9-7-19(36-23)13-30-32-24(33)22(11-18-12-28-15-29-18)31-25(34)35-14-16-4-2-1-3-5-16/h1-10,12-13,15,22H,11,14H2,(H,28,29)(H,31,34)(H,32,33)/b30-13-/t22-/m1/s1. The number of carbonyl (C=O) groups is 2. The summed E-state index contributed by atoms with van der Waals surface area (Å²) < 4.78 is 11.0. The molecule has 0 saturated carbocycles. The average molecular weight is 526 g/mol. The topological polar surface area (TPSA) is 122 Å². The molecule has 0 aliphatic rings. The van der Waals surface area contributed by atoms with E-state index >= 15 is 0 Å². The van der Waals surface area contributed by atoms with Gasteiger partial charge < -0.3 is 19.5 Å². The maximum Gasteiger partial charge on any atom is 0.408 e. The van der Waals surface area contributed by atoms with Gasteiger partial charge in [0.05, 0.1) is 22.6 Å². The summed E-state index contributed by atoms with van der Waals surface area (Å²) in [6.45, 7) is 0.0723. The number of imidazole rings is 1. The summed E-state index contributed by atoms with van der Waals surface area (Å²) in [6, 6.07) is 16.8. The average Bonchev–Trinajstić information content (AvgIpc) is 3.57. The third kappa shape index (κ3) is 6.97. The molecular formula is C25H21Cl2N5O4. The number of ether oxygens (including phenoxy) is 1. The molecule has 0 spiro atoms. The molecule has 0 unspecified atom stereocenters. The van der Waals surface area contributed by atoms with Crippen LogP contribution in [0.5, 0.6) is 0 Å². The molecule has 0 saturated heterocycles. The molecule has 11 heteroatoms. The van der Waals surface area contributed by atoms with E-state index in [9.17, 15) is 9.59 Å². The van der Waals surface area contributed by atoms with Gasteiger partial charge in [-0.1, -0.05) is 53.5 Å². The molecule has 2 amide bonds. The monoisotopic (exact) mass is 525 g/mol. The highest BCUT2D eigenvalue weighted by Gasteiger charge is 2.22. The predicted octanol–water partition coefficient (Wildman–Crippen LogP) is 4.96. The predicted molar refractivity (Wildman–Crippen MR) is 136 cm³/mol. The minimum atomic E-state index is -0.964. The van der Waals surface area contributed by atoms with Crippen LogP contribution in [-0.2, 0) is 22.6 Å². The van der Waals surface area contributed by atoms with E-state index in [1.807, 2.05) is 30.3 Å². The van der Waals surface area contributed by atoms with Crippen molar-refractivity contribution in [2.45, 2.75) is 19.1 Å². The number of aromatic nitrogens is 2. The Morgan fingerprint density at radius 3 is 2.69 bits per heavy atom. The molecule has 2 aromatic heterocycles. The second-order valence-corrected chi connectivity index (χ2v) is 8.42. The lowest BCUT2D eigenvalue weighted by Crippen LogP contribution is -2.47. The first-order valence-electron chi connectivity index (χ1n) is 10.8. The number of benzene rings is 2. The van der Waals surface area contributed by atoms with Crippen LogP contribution < -0.4 is 10.7 Å². The Labute approximate surface area is 216 Å². The Morgan fingerprint density at radius 2 is 1.94 bits per heavy atom. The number of hydrazone groups is 1. The zero-order valence-corrected chi connectivity index (χ0v) is 20.3. The van der Waals surface area contributed by atoms with Crippen LogP contribution in [0.25, 0.3) is 11.3 Å². The quantitative estimate of drug-likeness (QED) is 0.210. The van der Waals surface area contributed by atoms with E-state index in [0.717, 1.165) is 11.1 Å². The third-order valence-corrected chi connectivity index (χ3v) is 5.74. The first-order valence-corrected chi connectivity index (χ1v) is 11.6. The summed E-state index contributed by atoms with van der Waals surface area (Å²) in [4.78, 5) is 32.0. The molecule has 36 heavy (non-hydrogen) atoms. The summed E-state index contributed by atoms with van der Waals surface area (Å²) in [7, 11) is 0. The molecule has 184 valence electrons. The van der Waals surface area contributed by atoms with Gasteiger partial charge in [-0.05, 0) is 35.9 Å². The van der Waals surface area contributed by atoms with E-state index in [2.05, 4.69) is 25.8 Å². The molecule has 0 aliphatic carbocycles. The Hall–Kier alpha value is -4.08. The molecule has 0 radical (unpaired) electrons. The number of nitrogens with one attached hydrogen (secondary N) is 3. The van der Waals surface area contributed by atoms with Crippen LogP contribution in [0.4, 0.5) is 4.79 Å². The number of furan rings is 1. The van der Waals surface area contributed by atoms with E-state index in [4.69, 9.17) is 32.4 Å². The van der Waals surface area contributed by atoms with E-state index in [1.54, 1.807) is 36.5 Å². The van der Waals surface area contributed by atoms with Gasteiger partial charge in [-0.15, -0.1) is 0 Å². The van der Waals surface area contributed by atoms with Gasteiger partial charge >= 0.3 is 6.09 Å². The van der Waals surface area contributed by atoms with Crippen molar-refractivity contribution in [1.82, 2.24) is 20.7 Å². The molecule has 2 aromatic carbocycles. The highest BCUT2D eigenvalue weighted by atomic mass is 35.5. The van der Waals surface area contributed by atoms with Crippen molar-refractivity contribution < 1.29 is 18.7 Å². The number of amides is 2. The molecule has 0 fully saturated rings. The lowest BCUT2D eigenvalue weighted by molar-refractivity contribution is -0.123. The van der Waals surface area contributed by atoms with Gasteiger partial charge in [0.2, 0.25) is 0 Å². The number of rotatable bonds is 9. The van der Waals surface area contributed by atoms with Gasteiger partial charge in [0.15, 0.2) is 0 Å². The number of hydrogen-bond acceptors (Lipinski definition) is 6. The second-order valence-electron chi connectivity index (χ2n) is 7.60. The number of hydrogen-bond donors (Lipinski definition) is 3. The summed E-state index contributed by atoms with van der Waals surface area (Å²) in [6.07, 6.45) is 3.82. The van der Waals surface area contributed by atoms with Crippen molar-refractivity contribution in [2.24, 2.45) is 5.10 Å². The summed E-state index contributed by atoms with van der Waals surface area (Å²) in [5, 5.41) is 7.37. The molecular weight excluding hydrogens is 505 g/mol. The highest BCUT2D eigenvalue weighted by molar-refractivity contribution is 6.42. The molecule has 4 aromatic rings. The third-order valence-electron chi connectivity index (χ3n) is 5.00. The minimum Gasteiger partial charge on any atom is -0.455 e. The Morgan fingerprint density at radius 1 is 1.11 bits per heavy atom. The lowest BCUT2D eigenvalue weighted by atomic mass is 10.1. The minimum absolute atomic E-state index is 0.0723. The number of H-pyrrole nitrogens is 1. The number of nitrogens with zero attached hydrogens (tertiary/aromatic N) is 2. The fourth-order valence-corrected chi connectivity index (χ4v) is 3.49. The van der Waals surface area contributed by atoms with E-state index in [-0.39, 0.29) is 13.0 Å². The highest BCUT2D eigenvalue weighted by Crippen LogP contribution is 2.29.